The standard InChI is InChI=1S/C24H30N2O3S/c1-17-3-9-20(10-4-17)25-23(27)24(15-16-24)19-7-11-21(12-8-19)26-30(28,29)22-13-5-18(2)6-14-22/h5-8,11-14,17,20,26H,3-4,9-10,15-16H2,1-2H3,(H,25,27). The first-order valence-electron chi connectivity index (χ1n) is 10.8. The second-order valence-electron chi connectivity index (χ2n) is 9.01. The fourth-order valence-electron chi connectivity index (χ4n) is 4.29. The topological polar surface area (TPSA) is 75.3 Å². The van der Waals surface area contributed by atoms with Crippen molar-refractivity contribution in [2.75, 3.05) is 4.72 Å². The van der Waals surface area contributed by atoms with Crippen LogP contribution < -0.4 is 10.0 Å². The maximum atomic E-state index is 13.0. The average Bonchev–Trinajstić information content (AvgIpc) is 3.52. The van der Waals surface area contributed by atoms with Gasteiger partial charge in [-0.1, -0.05) is 36.8 Å². The van der Waals surface area contributed by atoms with E-state index in [1.54, 1.807) is 36.4 Å². The van der Waals surface area contributed by atoms with Gasteiger partial charge in [-0.25, -0.2) is 8.42 Å². The number of sulfonamides is 1. The number of hydrogen-bond acceptors (Lipinski definition) is 3. The molecule has 0 heterocycles. The predicted molar refractivity (Wildman–Crippen MR) is 119 cm³/mol. The SMILES string of the molecule is Cc1ccc(S(=O)(=O)Nc2ccc(C3(C(=O)NC4CCC(C)CC4)CC3)cc2)cc1. The van der Waals surface area contributed by atoms with Crippen molar-refractivity contribution in [3.63, 3.8) is 0 Å². The molecule has 2 N–H and O–H groups in total. The molecule has 2 fully saturated rings. The molecule has 2 aliphatic rings. The Morgan fingerprint density at radius 1 is 0.933 bits per heavy atom. The Balaban J connectivity index is 1.43. The minimum absolute atomic E-state index is 0.120. The molecule has 1 amide bonds. The summed E-state index contributed by atoms with van der Waals surface area (Å²) in [5, 5.41) is 3.27. The molecule has 160 valence electrons. The largest absolute Gasteiger partial charge is 0.353 e. The van der Waals surface area contributed by atoms with E-state index in [2.05, 4.69) is 17.0 Å². The van der Waals surface area contributed by atoms with Crippen LogP contribution in [-0.2, 0) is 20.2 Å². The van der Waals surface area contributed by atoms with Gasteiger partial charge in [0.2, 0.25) is 5.91 Å². The molecule has 0 aliphatic heterocycles. The lowest BCUT2D eigenvalue weighted by Gasteiger charge is -2.28. The highest BCUT2D eigenvalue weighted by Gasteiger charge is 2.51. The Hall–Kier alpha value is -2.34. The summed E-state index contributed by atoms with van der Waals surface area (Å²) in [5.74, 6) is 0.874. The van der Waals surface area contributed by atoms with Gasteiger partial charge >= 0.3 is 0 Å². The van der Waals surface area contributed by atoms with Crippen molar-refractivity contribution in [3.8, 4) is 0 Å². The third kappa shape index (κ3) is 4.38. The van der Waals surface area contributed by atoms with E-state index in [9.17, 15) is 13.2 Å². The number of nitrogens with one attached hydrogen (secondary N) is 2. The van der Waals surface area contributed by atoms with Crippen LogP contribution in [0.4, 0.5) is 5.69 Å². The highest BCUT2D eigenvalue weighted by Crippen LogP contribution is 2.49. The van der Waals surface area contributed by atoms with Crippen LogP contribution in [0.2, 0.25) is 0 Å². The maximum Gasteiger partial charge on any atom is 0.261 e. The molecule has 0 spiro atoms. The molecule has 6 heteroatoms. The molecule has 4 rings (SSSR count). The van der Waals surface area contributed by atoms with Crippen molar-refractivity contribution in [1.82, 2.24) is 5.32 Å². The Morgan fingerprint density at radius 3 is 2.10 bits per heavy atom. The van der Waals surface area contributed by atoms with Crippen LogP contribution in [-0.4, -0.2) is 20.4 Å². The summed E-state index contributed by atoms with van der Waals surface area (Å²) >= 11 is 0. The summed E-state index contributed by atoms with van der Waals surface area (Å²) in [5.41, 5.74) is 2.02. The number of rotatable bonds is 6. The monoisotopic (exact) mass is 426 g/mol. The van der Waals surface area contributed by atoms with Gasteiger partial charge in [0.05, 0.1) is 10.3 Å². The normalized spacial score (nSPS) is 22.9. The zero-order chi connectivity index (χ0) is 21.4. The highest BCUT2D eigenvalue weighted by molar-refractivity contribution is 7.92. The molecular formula is C24H30N2O3S. The molecule has 2 aromatic rings. The molecule has 0 saturated heterocycles. The van der Waals surface area contributed by atoms with Crippen molar-refractivity contribution in [1.29, 1.82) is 0 Å². The van der Waals surface area contributed by atoms with Crippen LogP contribution in [0, 0.1) is 12.8 Å². The summed E-state index contributed by atoms with van der Waals surface area (Å²) in [6.45, 7) is 4.19. The van der Waals surface area contributed by atoms with Crippen LogP contribution in [0.3, 0.4) is 0 Å². The lowest BCUT2D eigenvalue weighted by atomic mass is 9.86. The molecule has 0 unspecified atom stereocenters. The van der Waals surface area contributed by atoms with Crippen LogP contribution in [0.5, 0.6) is 0 Å². The van der Waals surface area contributed by atoms with Gasteiger partial charge in [0.1, 0.15) is 0 Å². The number of amides is 1. The first kappa shape index (κ1) is 20.9. The summed E-state index contributed by atoms with van der Waals surface area (Å²) in [6, 6.07) is 14.3. The van der Waals surface area contributed by atoms with Crippen LogP contribution in [0.15, 0.2) is 53.4 Å². The number of hydrogen-bond donors (Lipinski definition) is 2. The minimum Gasteiger partial charge on any atom is -0.353 e. The predicted octanol–water partition coefficient (Wildman–Crippen LogP) is 4.52. The van der Waals surface area contributed by atoms with Gasteiger partial charge in [-0.3, -0.25) is 9.52 Å². The van der Waals surface area contributed by atoms with Gasteiger partial charge in [-0.15, -0.1) is 0 Å². The molecule has 5 nitrogen and oxygen atoms in total. The van der Waals surface area contributed by atoms with E-state index >= 15 is 0 Å². The van der Waals surface area contributed by atoms with Crippen molar-refractivity contribution in [3.05, 3.63) is 59.7 Å². The summed E-state index contributed by atoms with van der Waals surface area (Å²) < 4.78 is 27.8. The van der Waals surface area contributed by atoms with Crippen LogP contribution in [0.25, 0.3) is 0 Å². The van der Waals surface area contributed by atoms with E-state index in [0.29, 0.717) is 5.69 Å². The Morgan fingerprint density at radius 2 is 1.53 bits per heavy atom. The van der Waals surface area contributed by atoms with Gasteiger partial charge in [-0.2, -0.15) is 0 Å². The van der Waals surface area contributed by atoms with Gasteiger partial charge < -0.3 is 5.32 Å². The third-order valence-corrected chi connectivity index (χ3v) is 7.95. The number of benzene rings is 2. The maximum absolute atomic E-state index is 13.0. The lowest BCUT2D eigenvalue weighted by molar-refractivity contribution is -0.124. The third-order valence-electron chi connectivity index (χ3n) is 6.56. The smallest absolute Gasteiger partial charge is 0.261 e. The first-order valence-corrected chi connectivity index (χ1v) is 12.3. The Kier molecular flexibility index (Phi) is 5.62. The van der Waals surface area contributed by atoms with Crippen molar-refractivity contribution in [2.45, 2.75) is 68.7 Å². The van der Waals surface area contributed by atoms with Gasteiger partial charge in [0.25, 0.3) is 10.0 Å². The molecule has 0 radical (unpaired) electrons. The minimum atomic E-state index is -3.63. The van der Waals surface area contributed by atoms with Crippen molar-refractivity contribution < 1.29 is 13.2 Å². The lowest BCUT2D eigenvalue weighted by Crippen LogP contribution is -2.43. The van der Waals surface area contributed by atoms with Crippen LogP contribution in [0.1, 0.15) is 56.6 Å². The second kappa shape index (κ2) is 8.06. The summed E-state index contributed by atoms with van der Waals surface area (Å²) in [7, 11) is -3.63. The van der Waals surface area contributed by atoms with Crippen molar-refractivity contribution >= 4 is 21.6 Å². The molecule has 2 saturated carbocycles. The zero-order valence-corrected chi connectivity index (χ0v) is 18.5. The first-order chi connectivity index (χ1) is 14.3. The molecule has 2 aromatic carbocycles. The van der Waals surface area contributed by atoms with Gasteiger partial charge in [0, 0.05) is 11.7 Å². The number of anilines is 1. The molecule has 0 atom stereocenters. The fourth-order valence-corrected chi connectivity index (χ4v) is 5.35. The van der Waals surface area contributed by atoms with E-state index in [0.717, 1.165) is 42.7 Å². The quantitative estimate of drug-likeness (QED) is 0.713. The van der Waals surface area contributed by atoms with E-state index in [4.69, 9.17) is 0 Å². The highest BCUT2D eigenvalue weighted by atomic mass is 32.2. The zero-order valence-electron chi connectivity index (χ0n) is 17.6. The molecule has 0 aromatic heterocycles. The fraction of sp³-hybridized carbons (Fsp3) is 0.458. The summed E-state index contributed by atoms with van der Waals surface area (Å²) in [4.78, 5) is 13.2. The molecule has 2 aliphatic carbocycles. The van der Waals surface area contributed by atoms with E-state index in [-0.39, 0.29) is 16.8 Å². The van der Waals surface area contributed by atoms with Crippen molar-refractivity contribution in [2.24, 2.45) is 5.92 Å². The molecule has 30 heavy (non-hydrogen) atoms. The van der Waals surface area contributed by atoms with E-state index in [1.165, 1.54) is 12.8 Å². The Labute approximate surface area is 179 Å². The molecule has 0 bridgehead atoms. The summed E-state index contributed by atoms with van der Waals surface area (Å²) in [6.07, 6.45) is 6.15. The number of carbonyl (C=O) groups excluding carboxylic acids is 1. The second-order valence-corrected chi connectivity index (χ2v) is 10.7. The van der Waals surface area contributed by atoms with E-state index in [1.807, 2.05) is 19.1 Å². The van der Waals surface area contributed by atoms with E-state index < -0.39 is 15.4 Å². The van der Waals surface area contributed by atoms with Gasteiger partial charge in [-0.05, 0) is 81.2 Å². The van der Waals surface area contributed by atoms with Crippen LogP contribution >= 0.6 is 0 Å². The Bertz CT molecular complexity index is 1000. The number of aryl methyl sites for hydroxylation is 1. The van der Waals surface area contributed by atoms with Gasteiger partial charge in [0.15, 0.2) is 0 Å². The molecular weight excluding hydrogens is 396 g/mol. The average molecular weight is 427 g/mol. The number of carbonyl (C=O) groups is 1.